The number of aryl methyl sites for hydroxylation is 1. The number of amides is 2. The van der Waals surface area contributed by atoms with Gasteiger partial charge < -0.3 is 5.32 Å². The molecule has 7 heteroatoms. The Labute approximate surface area is 168 Å². The van der Waals surface area contributed by atoms with Crippen LogP contribution in [-0.4, -0.2) is 28.1 Å². The van der Waals surface area contributed by atoms with Crippen LogP contribution < -0.4 is 10.6 Å². The number of carbonyl (C=O) groups is 2. The average Bonchev–Trinajstić information content (AvgIpc) is 3.13. The molecule has 0 spiro atoms. The third kappa shape index (κ3) is 4.72. The van der Waals surface area contributed by atoms with E-state index < -0.39 is 6.04 Å². The van der Waals surface area contributed by atoms with Crippen LogP contribution in [0.15, 0.2) is 42.5 Å². The molecule has 1 aromatic heterocycles. The van der Waals surface area contributed by atoms with Gasteiger partial charge in [0, 0.05) is 0 Å². The summed E-state index contributed by atoms with van der Waals surface area (Å²) in [6.45, 7) is 5.79. The molecule has 0 aliphatic rings. The average molecular weight is 397 g/mol. The molecule has 2 N–H and O–H groups in total. The molecule has 0 aliphatic carbocycles. The summed E-state index contributed by atoms with van der Waals surface area (Å²) >= 11 is 1.35. The van der Waals surface area contributed by atoms with Crippen molar-refractivity contribution in [2.24, 2.45) is 5.92 Å². The van der Waals surface area contributed by atoms with Gasteiger partial charge in [-0.15, -0.1) is 10.2 Å². The molecule has 1 heterocycles. The quantitative estimate of drug-likeness (QED) is 0.639. The Morgan fingerprint density at radius 2 is 1.82 bits per heavy atom. The van der Waals surface area contributed by atoms with E-state index in [0.29, 0.717) is 5.13 Å². The maximum Gasteiger partial charge on any atom is 0.249 e. The Hall–Kier alpha value is -2.80. The Morgan fingerprint density at radius 3 is 2.54 bits per heavy atom. The van der Waals surface area contributed by atoms with Crippen LogP contribution in [0.2, 0.25) is 0 Å². The molecule has 1 atom stereocenters. The van der Waals surface area contributed by atoms with Crippen LogP contribution in [0, 0.1) is 5.92 Å². The molecular formula is C21H24N4O2S. The van der Waals surface area contributed by atoms with Gasteiger partial charge in [0.2, 0.25) is 16.9 Å². The number of rotatable bonds is 7. The second kappa shape index (κ2) is 8.93. The fraction of sp³-hybridized carbons (Fsp3) is 0.333. The number of benzene rings is 2. The van der Waals surface area contributed by atoms with Gasteiger partial charge in [0.1, 0.15) is 11.0 Å². The van der Waals surface area contributed by atoms with Crippen molar-refractivity contribution in [1.29, 1.82) is 0 Å². The van der Waals surface area contributed by atoms with Crippen LogP contribution in [0.4, 0.5) is 5.13 Å². The predicted molar refractivity (Wildman–Crippen MR) is 112 cm³/mol. The number of nitrogens with one attached hydrogen (secondary N) is 2. The zero-order valence-electron chi connectivity index (χ0n) is 16.2. The van der Waals surface area contributed by atoms with Crippen molar-refractivity contribution in [3.63, 3.8) is 0 Å². The Balaban J connectivity index is 1.69. The summed E-state index contributed by atoms with van der Waals surface area (Å²) in [5.74, 6) is -0.521. The number of aromatic nitrogens is 2. The first-order valence-corrected chi connectivity index (χ1v) is 10.2. The van der Waals surface area contributed by atoms with Gasteiger partial charge in [0.25, 0.3) is 0 Å². The van der Waals surface area contributed by atoms with Gasteiger partial charge in [-0.3, -0.25) is 14.9 Å². The van der Waals surface area contributed by atoms with Crippen molar-refractivity contribution in [1.82, 2.24) is 15.5 Å². The van der Waals surface area contributed by atoms with E-state index in [-0.39, 0.29) is 24.2 Å². The largest absolute Gasteiger partial charge is 0.344 e. The topological polar surface area (TPSA) is 84.0 Å². The normalized spacial score (nSPS) is 12.1. The van der Waals surface area contributed by atoms with Gasteiger partial charge in [-0.25, -0.2) is 0 Å². The van der Waals surface area contributed by atoms with Crippen molar-refractivity contribution in [2.75, 3.05) is 5.32 Å². The molecule has 28 heavy (non-hydrogen) atoms. The summed E-state index contributed by atoms with van der Waals surface area (Å²) in [5.41, 5.74) is 0.940. The first kappa shape index (κ1) is 19.9. The van der Waals surface area contributed by atoms with Crippen LogP contribution in [0.1, 0.15) is 31.3 Å². The summed E-state index contributed by atoms with van der Waals surface area (Å²) in [7, 11) is 0. The van der Waals surface area contributed by atoms with Gasteiger partial charge >= 0.3 is 0 Å². The maximum absolute atomic E-state index is 12.7. The lowest BCUT2D eigenvalue weighted by atomic mass is 10.0. The van der Waals surface area contributed by atoms with E-state index in [9.17, 15) is 9.59 Å². The molecule has 146 valence electrons. The maximum atomic E-state index is 12.7. The monoisotopic (exact) mass is 396 g/mol. The summed E-state index contributed by atoms with van der Waals surface area (Å²) in [5, 5.41) is 17.1. The van der Waals surface area contributed by atoms with E-state index >= 15 is 0 Å². The number of fused-ring (bicyclic) bond motifs is 1. The second-order valence-electron chi connectivity index (χ2n) is 6.95. The Morgan fingerprint density at radius 1 is 1.07 bits per heavy atom. The van der Waals surface area contributed by atoms with Crippen LogP contribution in [0.25, 0.3) is 10.8 Å². The molecule has 0 unspecified atom stereocenters. The molecule has 0 aliphatic heterocycles. The molecule has 0 fully saturated rings. The van der Waals surface area contributed by atoms with Crippen LogP contribution >= 0.6 is 11.3 Å². The molecule has 0 bridgehead atoms. The highest BCUT2D eigenvalue weighted by atomic mass is 32.1. The van der Waals surface area contributed by atoms with E-state index in [4.69, 9.17) is 0 Å². The number of carbonyl (C=O) groups excluding carboxylic acids is 2. The lowest BCUT2D eigenvalue weighted by molar-refractivity contribution is -0.127. The summed E-state index contributed by atoms with van der Waals surface area (Å²) in [6.07, 6.45) is 0.986. The van der Waals surface area contributed by atoms with Crippen molar-refractivity contribution in [3.05, 3.63) is 53.0 Å². The summed E-state index contributed by atoms with van der Waals surface area (Å²) in [4.78, 5) is 25.3. The van der Waals surface area contributed by atoms with E-state index in [2.05, 4.69) is 20.8 Å². The highest BCUT2D eigenvalue weighted by Gasteiger charge is 2.25. The minimum atomic E-state index is -0.642. The van der Waals surface area contributed by atoms with Crippen molar-refractivity contribution < 1.29 is 9.59 Å². The number of hydrogen-bond acceptors (Lipinski definition) is 5. The van der Waals surface area contributed by atoms with E-state index in [1.807, 2.05) is 63.2 Å². The molecule has 3 aromatic rings. The first-order valence-electron chi connectivity index (χ1n) is 9.37. The van der Waals surface area contributed by atoms with Gasteiger partial charge in [0.05, 0.1) is 6.42 Å². The fourth-order valence-corrected chi connectivity index (χ4v) is 3.69. The van der Waals surface area contributed by atoms with Crippen LogP contribution in [0.5, 0.6) is 0 Å². The Kier molecular flexibility index (Phi) is 6.36. The minimum absolute atomic E-state index is 0.0602. The number of anilines is 1. The third-order valence-electron chi connectivity index (χ3n) is 4.50. The van der Waals surface area contributed by atoms with E-state index in [1.165, 1.54) is 11.3 Å². The zero-order valence-corrected chi connectivity index (χ0v) is 17.0. The van der Waals surface area contributed by atoms with Gasteiger partial charge in [-0.2, -0.15) is 0 Å². The second-order valence-corrected chi connectivity index (χ2v) is 8.01. The third-order valence-corrected chi connectivity index (χ3v) is 5.48. The van der Waals surface area contributed by atoms with Crippen molar-refractivity contribution in [3.8, 4) is 0 Å². The van der Waals surface area contributed by atoms with Gasteiger partial charge in [-0.05, 0) is 28.7 Å². The molecular weight excluding hydrogens is 372 g/mol. The van der Waals surface area contributed by atoms with Crippen LogP contribution in [-0.2, 0) is 22.4 Å². The van der Waals surface area contributed by atoms with Crippen LogP contribution in [0.3, 0.4) is 0 Å². The SMILES string of the molecule is CCc1nnc(NC(=O)[C@H](NC(=O)Cc2cccc3ccccc23)C(C)C)s1. The van der Waals surface area contributed by atoms with Crippen molar-refractivity contribution in [2.45, 2.75) is 39.7 Å². The molecule has 2 amide bonds. The molecule has 0 saturated heterocycles. The molecule has 0 radical (unpaired) electrons. The lowest BCUT2D eigenvalue weighted by Gasteiger charge is -2.21. The molecule has 2 aromatic carbocycles. The zero-order chi connectivity index (χ0) is 20.1. The predicted octanol–water partition coefficient (Wildman–Crippen LogP) is 3.58. The number of hydrogen-bond donors (Lipinski definition) is 2. The van der Waals surface area contributed by atoms with Gasteiger partial charge in [-0.1, -0.05) is 74.6 Å². The first-order chi connectivity index (χ1) is 13.5. The standard InChI is InChI=1S/C21H24N4O2S/c1-4-18-24-25-21(28-18)23-20(27)19(13(2)3)22-17(26)12-15-10-7-9-14-8-5-6-11-16(14)15/h5-11,13,19H,4,12H2,1-3H3,(H,22,26)(H,23,25,27)/t19-/m1/s1. The van der Waals surface area contributed by atoms with Crippen molar-refractivity contribution >= 4 is 39.1 Å². The van der Waals surface area contributed by atoms with Gasteiger partial charge in [0.15, 0.2) is 0 Å². The lowest BCUT2D eigenvalue weighted by Crippen LogP contribution is -2.47. The summed E-state index contributed by atoms with van der Waals surface area (Å²) < 4.78 is 0. The molecule has 6 nitrogen and oxygen atoms in total. The molecule has 3 rings (SSSR count). The highest BCUT2D eigenvalue weighted by Crippen LogP contribution is 2.19. The summed E-state index contributed by atoms with van der Waals surface area (Å²) in [6, 6.07) is 13.2. The van der Waals surface area contributed by atoms with E-state index in [0.717, 1.165) is 27.8 Å². The molecule has 0 saturated carbocycles. The van der Waals surface area contributed by atoms with E-state index in [1.54, 1.807) is 0 Å². The number of nitrogens with zero attached hydrogens (tertiary/aromatic N) is 2. The minimum Gasteiger partial charge on any atom is -0.344 e. The smallest absolute Gasteiger partial charge is 0.249 e. The fourth-order valence-electron chi connectivity index (χ4n) is 3.01. The highest BCUT2D eigenvalue weighted by molar-refractivity contribution is 7.15. The Bertz CT molecular complexity index is 978.